The lowest BCUT2D eigenvalue weighted by molar-refractivity contribution is -0.143. The Morgan fingerprint density at radius 3 is 2.37 bits per heavy atom. The molecule has 2 N–H and O–H groups in total. The van der Waals surface area contributed by atoms with Gasteiger partial charge in [0.1, 0.15) is 6.04 Å². The first-order valence-electron chi connectivity index (χ1n) is 6.20. The van der Waals surface area contributed by atoms with E-state index in [0.29, 0.717) is 6.42 Å². The summed E-state index contributed by atoms with van der Waals surface area (Å²) in [7, 11) is 0. The Balaban J connectivity index is 2.62. The summed E-state index contributed by atoms with van der Waals surface area (Å²) in [6.45, 7) is 3.72. The van der Waals surface area contributed by atoms with Gasteiger partial charge in [0.05, 0.1) is 6.42 Å². The van der Waals surface area contributed by atoms with Crippen molar-refractivity contribution in [2.75, 3.05) is 0 Å². The third-order valence-corrected chi connectivity index (χ3v) is 3.60. The maximum absolute atomic E-state index is 11.8. The number of carboxylic acid groups (broad SMARTS) is 1. The van der Waals surface area contributed by atoms with Gasteiger partial charge in [-0.15, -0.1) is 0 Å². The standard InChI is InChI=1S/C14H18BrNO3/c1-3-9(2)13(14(18)19)16-12(17)8-10-4-6-11(15)7-5-10/h4-7,9,13H,3,8H2,1-2H3,(H,16,17)(H,18,19). The number of carbonyl (C=O) groups is 2. The third-order valence-electron chi connectivity index (χ3n) is 3.07. The first-order chi connectivity index (χ1) is 8.93. The van der Waals surface area contributed by atoms with E-state index in [9.17, 15) is 9.59 Å². The minimum absolute atomic E-state index is 0.0913. The maximum Gasteiger partial charge on any atom is 0.326 e. The number of rotatable bonds is 6. The molecule has 1 aromatic carbocycles. The molecule has 1 amide bonds. The second kappa shape index (κ2) is 7.28. The van der Waals surface area contributed by atoms with Crippen molar-refractivity contribution in [2.45, 2.75) is 32.7 Å². The first kappa shape index (κ1) is 15.7. The molecular formula is C14H18BrNO3. The van der Waals surface area contributed by atoms with Gasteiger partial charge in [-0.3, -0.25) is 4.79 Å². The van der Waals surface area contributed by atoms with E-state index in [1.807, 2.05) is 38.1 Å². The molecule has 0 aliphatic rings. The van der Waals surface area contributed by atoms with Gasteiger partial charge < -0.3 is 10.4 Å². The monoisotopic (exact) mass is 327 g/mol. The maximum atomic E-state index is 11.8. The van der Waals surface area contributed by atoms with Crippen molar-refractivity contribution in [3.8, 4) is 0 Å². The highest BCUT2D eigenvalue weighted by Crippen LogP contribution is 2.12. The number of amides is 1. The van der Waals surface area contributed by atoms with Crippen molar-refractivity contribution in [1.29, 1.82) is 0 Å². The molecule has 0 aliphatic carbocycles. The molecule has 0 heterocycles. The second-order valence-electron chi connectivity index (χ2n) is 4.57. The molecule has 4 nitrogen and oxygen atoms in total. The smallest absolute Gasteiger partial charge is 0.326 e. The van der Waals surface area contributed by atoms with Gasteiger partial charge in [-0.2, -0.15) is 0 Å². The molecule has 1 rings (SSSR count). The highest BCUT2D eigenvalue weighted by molar-refractivity contribution is 9.10. The second-order valence-corrected chi connectivity index (χ2v) is 5.49. The predicted molar refractivity (Wildman–Crippen MR) is 76.9 cm³/mol. The number of benzene rings is 1. The molecule has 1 aromatic rings. The van der Waals surface area contributed by atoms with E-state index in [1.54, 1.807) is 0 Å². The Morgan fingerprint density at radius 2 is 1.89 bits per heavy atom. The number of nitrogens with one attached hydrogen (secondary N) is 1. The summed E-state index contributed by atoms with van der Waals surface area (Å²) in [5.41, 5.74) is 0.856. The van der Waals surface area contributed by atoms with E-state index in [4.69, 9.17) is 5.11 Å². The fraction of sp³-hybridized carbons (Fsp3) is 0.429. The third kappa shape index (κ3) is 5.03. The van der Waals surface area contributed by atoms with E-state index in [-0.39, 0.29) is 18.2 Å². The SMILES string of the molecule is CCC(C)C(NC(=O)Cc1ccc(Br)cc1)C(=O)O. The molecule has 2 unspecified atom stereocenters. The Labute approximate surface area is 121 Å². The van der Waals surface area contributed by atoms with Crippen LogP contribution < -0.4 is 5.32 Å². The molecule has 0 bridgehead atoms. The van der Waals surface area contributed by atoms with Crippen LogP contribution in [0.1, 0.15) is 25.8 Å². The quantitative estimate of drug-likeness (QED) is 0.844. The normalized spacial score (nSPS) is 13.6. The number of carboxylic acids is 1. The molecule has 0 saturated carbocycles. The Morgan fingerprint density at radius 1 is 1.32 bits per heavy atom. The highest BCUT2D eigenvalue weighted by Gasteiger charge is 2.25. The number of hydrogen-bond donors (Lipinski definition) is 2. The summed E-state index contributed by atoms with van der Waals surface area (Å²) in [4.78, 5) is 23.0. The van der Waals surface area contributed by atoms with Crippen LogP contribution in [0.3, 0.4) is 0 Å². The van der Waals surface area contributed by atoms with E-state index in [2.05, 4.69) is 21.2 Å². The van der Waals surface area contributed by atoms with Crippen molar-refractivity contribution >= 4 is 27.8 Å². The average molecular weight is 328 g/mol. The van der Waals surface area contributed by atoms with Crippen molar-refractivity contribution in [3.05, 3.63) is 34.3 Å². The summed E-state index contributed by atoms with van der Waals surface area (Å²) in [5, 5.41) is 11.7. The zero-order valence-electron chi connectivity index (χ0n) is 11.0. The van der Waals surface area contributed by atoms with Gasteiger partial charge >= 0.3 is 5.97 Å². The van der Waals surface area contributed by atoms with Gasteiger partial charge in [-0.05, 0) is 23.6 Å². The van der Waals surface area contributed by atoms with Gasteiger partial charge in [0.2, 0.25) is 5.91 Å². The van der Waals surface area contributed by atoms with E-state index >= 15 is 0 Å². The molecule has 2 atom stereocenters. The van der Waals surface area contributed by atoms with Crippen LogP contribution in [0.25, 0.3) is 0 Å². The van der Waals surface area contributed by atoms with Gasteiger partial charge in [-0.25, -0.2) is 4.79 Å². The van der Waals surface area contributed by atoms with Crippen LogP contribution in [-0.2, 0) is 16.0 Å². The van der Waals surface area contributed by atoms with Gasteiger partial charge in [0.25, 0.3) is 0 Å². The van der Waals surface area contributed by atoms with Gasteiger partial charge in [0, 0.05) is 4.47 Å². The lowest BCUT2D eigenvalue weighted by atomic mass is 9.99. The van der Waals surface area contributed by atoms with Crippen LogP contribution in [-0.4, -0.2) is 23.0 Å². The summed E-state index contributed by atoms with van der Waals surface area (Å²) in [6.07, 6.45) is 0.892. The largest absolute Gasteiger partial charge is 0.480 e. The van der Waals surface area contributed by atoms with Crippen LogP contribution in [0, 0.1) is 5.92 Å². The molecule has 0 spiro atoms. The molecule has 19 heavy (non-hydrogen) atoms. The summed E-state index contributed by atoms with van der Waals surface area (Å²) < 4.78 is 0.944. The zero-order chi connectivity index (χ0) is 14.4. The zero-order valence-corrected chi connectivity index (χ0v) is 12.6. The molecule has 0 fully saturated rings. The first-order valence-corrected chi connectivity index (χ1v) is 7.00. The topological polar surface area (TPSA) is 66.4 Å². The fourth-order valence-corrected chi connectivity index (χ4v) is 1.96. The van der Waals surface area contributed by atoms with Crippen LogP contribution in [0.2, 0.25) is 0 Å². The molecule has 0 saturated heterocycles. The lowest BCUT2D eigenvalue weighted by Crippen LogP contribution is -2.45. The molecule has 0 aromatic heterocycles. The Kier molecular flexibility index (Phi) is 6.02. The van der Waals surface area contributed by atoms with E-state index in [1.165, 1.54) is 0 Å². The molecule has 104 valence electrons. The number of carbonyl (C=O) groups excluding carboxylic acids is 1. The van der Waals surface area contributed by atoms with Crippen molar-refractivity contribution in [2.24, 2.45) is 5.92 Å². The summed E-state index contributed by atoms with van der Waals surface area (Å²) >= 11 is 3.32. The fourth-order valence-electron chi connectivity index (χ4n) is 1.70. The molecule has 0 aliphatic heterocycles. The Bertz CT molecular complexity index is 445. The Hall–Kier alpha value is -1.36. The number of halogens is 1. The molecule has 0 radical (unpaired) electrons. The van der Waals surface area contributed by atoms with Crippen molar-refractivity contribution in [3.63, 3.8) is 0 Å². The minimum Gasteiger partial charge on any atom is -0.480 e. The highest BCUT2D eigenvalue weighted by atomic mass is 79.9. The molecular weight excluding hydrogens is 310 g/mol. The average Bonchev–Trinajstić information content (AvgIpc) is 2.37. The van der Waals surface area contributed by atoms with Crippen LogP contribution in [0.4, 0.5) is 0 Å². The van der Waals surface area contributed by atoms with Gasteiger partial charge in [0.15, 0.2) is 0 Å². The summed E-state index contributed by atoms with van der Waals surface area (Å²) in [6, 6.07) is 6.55. The van der Waals surface area contributed by atoms with E-state index in [0.717, 1.165) is 10.0 Å². The van der Waals surface area contributed by atoms with Crippen LogP contribution in [0.5, 0.6) is 0 Å². The van der Waals surface area contributed by atoms with Crippen molar-refractivity contribution < 1.29 is 14.7 Å². The predicted octanol–water partition coefficient (Wildman–Crippen LogP) is 2.61. The number of hydrogen-bond acceptors (Lipinski definition) is 2. The minimum atomic E-state index is -0.987. The van der Waals surface area contributed by atoms with E-state index < -0.39 is 12.0 Å². The van der Waals surface area contributed by atoms with Crippen LogP contribution in [0.15, 0.2) is 28.7 Å². The number of aliphatic carboxylic acids is 1. The van der Waals surface area contributed by atoms with Gasteiger partial charge in [-0.1, -0.05) is 48.3 Å². The van der Waals surface area contributed by atoms with Crippen molar-refractivity contribution in [1.82, 2.24) is 5.32 Å². The molecule has 5 heteroatoms. The van der Waals surface area contributed by atoms with Crippen LogP contribution >= 0.6 is 15.9 Å². The summed E-state index contributed by atoms with van der Waals surface area (Å²) in [5.74, 6) is -1.35. The lowest BCUT2D eigenvalue weighted by Gasteiger charge is -2.20.